The highest BCUT2D eigenvalue weighted by Gasteiger charge is 2.00. The highest BCUT2D eigenvalue weighted by molar-refractivity contribution is 5.30. The molecule has 0 bridgehead atoms. The number of allylic oxidation sites excluding steroid dienone is 2. The van der Waals surface area contributed by atoms with Gasteiger partial charge in [-0.2, -0.15) is 0 Å². The second-order valence-electron chi connectivity index (χ2n) is 2.52. The first-order chi connectivity index (χ1) is 4.84. The van der Waals surface area contributed by atoms with E-state index in [4.69, 9.17) is 11.5 Å². The zero-order valence-corrected chi connectivity index (χ0v) is 6.14. The molecule has 0 radical (unpaired) electrons. The average molecular weight is 138 g/mol. The van der Waals surface area contributed by atoms with Crippen LogP contribution in [-0.2, 0) is 0 Å². The van der Waals surface area contributed by atoms with Gasteiger partial charge in [-0.3, -0.25) is 0 Å². The first kappa shape index (κ1) is 7.35. The van der Waals surface area contributed by atoms with Gasteiger partial charge in [0.15, 0.2) is 0 Å². The zero-order chi connectivity index (χ0) is 7.40. The van der Waals surface area contributed by atoms with Crippen LogP contribution in [0.3, 0.4) is 0 Å². The summed E-state index contributed by atoms with van der Waals surface area (Å²) in [6, 6.07) is 0. The van der Waals surface area contributed by atoms with Gasteiger partial charge >= 0.3 is 0 Å². The van der Waals surface area contributed by atoms with E-state index in [0.29, 0.717) is 6.54 Å². The number of hydrogen-bond acceptors (Lipinski definition) is 2. The molecule has 0 heterocycles. The summed E-state index contributed by atoms with van der Waals surface area (Å²) in [6.07, 6.45) is 7.60. The highest BCUT2D eigenvalue weighted by atomic mass is 14.6. The second kappa shape index (κ2) is 3.42. The van der Waals surface area contributed by atoms with Crippen molar-refractivity contribution >= 4 is 0 Å². The maximum Gasteiger partial charge on any atom is 0.0315 e. The molecule has 2 heteroatoms. The Bertz CT molecular complexity index is 168. The molecule has 0 aromatic rings. The van der Waals surface area contributed by atoms with Crippen LogP contribution in [0.1, 0.15) is 19.3 Å². The molecule has 1 aliphatic rings. The van der Waals surface area contributed by atoms with Crippen LogP contribution in [0, 0.1) is 0 Å². The van der Waals surface area contributed by atoms with Gasteiger partial charge in [0, 0.05) is 12.2 Å². The molecule has 0 amide bonds. The van der Waals surface area contributed by atoms with Gasteiger partial charge in [0.1, 0.15) is 0 Å². The van der Waals surface area contributed by atoms with Crippen LogP contribution >= 0.6 is 0 Å². The van der Waals surface area contributed by atoms with Crippen LogP contribution in [0.15, 0.2) is 23.4 Å². The summed E-state index contributed by atoms with van der Waals surface area (Å²) in [6.45, 7) is 0.572. The number of rotatable bonds is 1. The van der Waals surface area contributed by atoms with Crippen LogP contribution in [0.2, 0.25) is 0 Å². The lowest BCUT2D eigenvalue weighted by molar-refractivity contribution is 0.872. The van der Waals surface area contributed by atoms with Gasteiger partial charge in [-0.15, -0.1) is 0 Å². The molecular formula is C8H14N2. The standard InChI is InChI=1S/C8H14N2/c9-6-7-4-2-1-3-5-8(7)10/h4-5H,1-3,6,9-10H2. The summed E-state index contributed by atoms with van der Waals surface area (Å²) >= 11 is 0. The lowest BCUT2D eigenvalue weighted by Crippen LogP contribution is -2.10. The Kier molecular flexibility index (Phi) is 2.51. The van der Waals surface area contributed by atoms with E-state index in [1.807, 2.05) is 0 Å². The van der Waals surface area contributed by atoms with Crippen molar-refractivity contribution in [3.63, 3.8) is 0 Å². The first-order valence-corrected chi connectivity index (χ1v) is 3.69. The van der Waals surface area contributed by atoms with E-state index in [9.17, 15) is 0 Å². The van der Waals surface area contributed by atoms with Crippen LogP contribution in [-0.4, -0.2) is 6.54 Å². The fourth-order valence-electron chi connectivity index (χ4n) is 1.10. The molecule has 0 atom stereocenters. The van der Waals surface area contributed by atoms with E-state index in [-0.39, 0.29) is 0 Å². The van der Waals surface area contributed by atoms with E-state index in [2.05, 4.69) is 12.2 Å². The molecule has 2 nitrogen and oxygen atoms in total. The largest absolute Gasteiger partial charge is 0.399 e. The van der Waals surface area contributed by atoms with Crippen LogP contribution in [0.25, 0.3) is 0 Å². The van der Waals surface area contributed by atoms with E-state index < -0.39 is 0 Å². The molecule has 1 aliphatic carbocycles. The van der Waals surface area contributed by atoms with E-state index in [0.717, 1.165) is 24.1 Å². The van der Waals surface area contributed by atoms with Crippen molar-refractivity contribution in [1.82, 2.24) is 0 Å². The molecule has 0 aromatic heterocycles. The maximum atomic E-state index is 5.70. The van der Waals surface area contributed by atoms with E-state index in [1.54, 1.807) is 0 Å². The summed E-state index contributed by atoms with van der Waals surface area (Å²) < 4.78 is 0. The molecule has 4 N–H and O–H groups in total. The first-order valence-electron chi connectivity index (χ1n) is 3.69. The Hall–Kier alpha value is -0.760. The Labute approximate surface area is 61.6 Å². The van der Waals surface area contributed by atoms with Crippen molar-refractivity contribution in [3.05, 3.63) is 23.4 Å². The van der Waals surface area contributed by atoms with Crippen LogP contribution < -0.4 is 11.5 Å². The zero-order valence-electron chi connectivity index (χ0n) is 6.14. The lowest BCUT2D eigenvalue weighted by Gasteiger charge is -2.00. The Morgan fingerprint density at radius 2 is 2.00 bits per heavy atom. The minimum Gasteiger partial charge on any atom is -0.399 e. The van der Waals surface area contributed by atoms with Gasteiger partial charge in [-0.05, 0) is 24.8 Å². The molecule has 56 valence electrons. The van der Waals surface area contributed by atoms with Crippen molar-refractivity contribution in [2.45, 2.75) is 19.3 Å². The molecule has 0 spiro atoms. The van der Waals surface area contributed by atoms with Gasteiger partial charge in [0.05, 0.1) is 0 Å². The van der Waals surface area contributed by atoms with Gasteiger partial charge in [0.2, 0.25) is 0 Å². The molecule has 10 heavy (non-hydrogen) atoms. The van der Waals surface area contributed by atoms with E-state index >= 15 is 0 Å². The Morgan fingerprint density at radius 1 is 1.30 bits per heavy atom. The van der Waals surface area contributed by atoms with Gasteiger partial charge in [0.25, 0.3) is 0 Å². The summed E-state index contributed by atoms with van der Waals surface area (Å²) in [5.74, 6) is 0. The second-order valence-corrected chi connectivity index (χ2v) is 2.52. The normalized spacial score (nSPS) is 19.3. The molecule has 1 rings (SSSR count). The third-order valence-electron chi connectivity index (χ3n) is 1.75. The quantitative estimate of drug-likeness (QED) is 0.565. The Morgan fingerprint density at radius 3 is 2.70 bits per heavy atom. The third-order valence-corrected chi connectivity index (χ3v) is 1.75. The topological polar surface area (TPSA) is 52.0 Å². The van der Waals surface area contributed by atoms with Crippen LogP contribution in [0.4, 0.5) is 0 Å². The number of hydrogen-bond donors (Lipinski definition) is 2. The molecule has 0 aliphatic heterocycles. The fourth-order valence-corrected chi connectivity index (χ4v) is 1.10. The highest BCUT2D eigenvalue weighted by Crippen LogP contribution is 2.12. The van der Waals surface area contributed by atoms with Gasteiger partial charge in [-0.1, -0.05) is 12.2 Å². The SMILES string of the molecule is NCC1=CCCCC=C1N. The van der Waals surface area contributed by atoms with Gasteiger partial charge in [-0.25, -0.2) is 0 Å². The monoisotopic (exact) mass is 138 g/mol. The summed E-state index contributed by atoms with van der Waals surface area (Å²) in [4.78, 5) is 0. The predicted octanol–water partition coefficient (Wildman–Crippen LogP) is 0.898. The third kappa shape index (κ3) is 1.61. The summed E-state index contributed by atoms with van der Waals surface area (Å²) in [5.41, 5.74) is 13.2. The minimum atomic E-state index is 0.572. The molecule has 0 saturated carbocycles. The Balaban J connectivity index is 2.71. The smallest absolute Gasteiger partial charge is 0.0315 e. The molecular weight excluding hydrogens is 124 g/mol. The molecule has 0 fully saturated rings. The molecule has 0 unspecified atom stereocenters. The molecule has 0 aromatic carbocycles. The minimum absolute atomic E-state index is 0.572. The predicted molar refractivity (Wildman–Crippen MR) is 43.3 cm³/mol. The molecule has 0 saturated heterocycles. The van der Waals surface area contributed by atoms with Gasteiger partial charge < -0.3 is 11.5 Å². The van der Waals surface area contributed by atoms with Crippen molar-refractivity contribution in [2.24, 2.45) is 11.5 Å². The number of nitrogens with two attached hydrogens (primary N) is 2. The van der Waals surface area contributed by atoms with Crippen molar-refractivity contribution in [3.8, 4) is 0 Å². The van der Waals surface area contributed by atoms with E-state index in [1.165, 1.54) is 6.42 Å². The lowest BCUT2D eigenvalue weighted by atomic mass is 10.2. The van der Waals surface area contributed by atoms with Crippen molar-refractivity contribution < 1.29 is 0 Å². The maximum absolute atomic E-state index is 5.70. The summed E-state index contributed by atoms with van der Waals surface area (Å²) in [5, 5.41) is 0. The van der Waals surface area contributed by atoms with Crippen molar-refractivity contribution in [2.75, 3.05) is 6.54 Å². The summed E-state index contributed by atoms with van der Waals surface area (Å²) in [7, 11) is 0. The fraction of sp³-hybridized carbons (Fsp3) is 0.500. The van der Waals surface area contributed by atoms with Crippen molar-refractivity contribution in [1.29, 1.82) is 0 Å². The van der Waals surface area contributed by atoms with Crippen LogP contribution in [0.5, 0.6) is 0 Å². The average Bonchev–Trinajstić information content (AvgIpc) is 2.13.